The summed E-state index contributed by atoms with van der Waals surface area (Å²) in [6, 6.07) is 9.54. The molecule has 0 spiro atoms. The van der Waals surface area contributed by atoms with Crippen molar-refractivity contribution in [3.63, 3.8) is 0 Å². The normalized spacial score (nSPS) is 9.95. The summed E-state index contributed by atoms with van der Waals surface area (Å²) in [4.78, 5) is 26.2. The van der Waals surface area contributed by atoms with Gasteiger partial charge in [0.1, 0.15) is 6.61 Å². The number of carbonyl (C=O) groups is 2. The van der Waals surface area contributed by atoms with Gasteiger partial charge in [-0.2, -0.15) is 5.90 Å². The van der Waals surface area contributed by atoms with E-state index >= 15 is 0 Å². The monoisotopic (exact) mass is 265 g/mol. The molecule has 0 bridgehead atoms. The second-order valence-electron chi connectivity index (χ2n) is 4.20. The number of esters is 1. The van der Waals surface area contributed by atoms with Crippen LogP contribution in [0.25, 0.3) is 0 Å². The highest BCUT2D eigenvalue weighted by Crippen LogP contribution is 2.06. The fourth-order valence-electron chi connectivity index (χ4n) is 1.58. The van der Waals surface area contributed by atoms with Crippen LogP contribution in [0, 0.1) is 0 Å². The van der Waals surface area contributed by atoms with Gasteiger partial charge in [0, 0.05) is 12.8 Å². The Kier molecular flexibility index (Phi) is 7.27. The molecule has 0 saturated heterocycles. The van der Waals surface area contributed by atoms with E-state index in [0.29, 0.717) is 25.9 Å². The Labute approximate surface area is 112 Å². The first-order chi connectivity index (χ1) is 9.22. The SMILES string of the molecule is NOC(=O)CCCCCC(=O)OCc1ccccc1. The molecule has 2 N–H and O–H groups in total. The summed E-state index contributed by atoms with van der Waals surface area (Å²) >= 11 is 0. The van der Waals surface area contributed by atoms with Crippen molar-refractivity contribution >= 4 is 11.9 Å². The molecule has 0 aliphatic carbocycles. The zero-order valence-corrected chi connectivity index (χ0v) is 10.8. The molecule has 104 valence electrons. The van der Waals surface area contributed by atoms with E-state index in [0.717, 1.165) is 12.0 Å². The lowest BCUT2D eigenvalue weighted by Crippen LogP contribution is -2.09. The quantitative estimate of drug-likeness (QED) is 0.442. The minimum absolute atomic E-state index is 0.217. The van der Waals surface area contributed by atoms with Crippen LogP contribution < -0.4 is 5.90 Å². The number of ether oxygens (including phenoxy) is 1. The van der Waals surface area contributed by atoms with E-state index in [2.05, 4.69) is 4.84 Å². The van der Waals surface area contributed by atoms with Crippen LogP contribution in [0.15, 0.2) is 30.3 Å². The smallest absolute Gasteiger partial charge is 0.324 e. The molecule has 5 nitrogen and oxygen atoms in total. The zero-order valence-electron chi connectivity index (χ0n) is 10.8. The predicted molar refractivity (Wildman–Crippen MR) is 69.6 cm³/mol. The van der Waals surface area contributed by atoms with Crippen molar-refractivity contribution in [1.29, 1.82) is 0 Å². The molecule has 0 amide bonds. The number of hydrogen-bond donors (Lipinski definition) is 1. The minimum Gasteiger partial charge on any atom is -0.461 e. The van der Waals surface area contributed by atoms with E-state index in [9.17, 15) is 9.59 Å². The number of unbranched alkanes of at least 4 members (excludes halogenated alkanes) is 2. The minimum atomic E-state index is -0.424. The maximum absolute atomic E-state index is 11.4. The second kappa shape index (κ2) is 9.10. The highest BCUT2D eigenvalue weighted by Gasteiger charge is 2.04. The maximum Gasteiger partial charge on any atom is 0.324 e. The van der Waals surface area contributed by atoms with Crippen LogP contribution in [0.1, 0.15) is 37.7 Å². The Morgan fingerprint density at radius 3 is 2.21 bits per heavy atom. The van der Waals surface area contributed by atoms with Gasteiger partial charge in [-0.05, 0) is 18.4 Å². The lowest BCUT2D eigenvalue weighted by atomic mass is 10.1. The van der Waals surface area contributed by atoms with E-state index < -0.39 is 5.97 Å². The Morgan fingerprint density at radius 1 is 0.947 bits per heavy atom. The largest absolute Gasteiger partial charge is 0.461 e. The fraction of sp³-hybridized carbons (Fsp3) is 0.429. The predicted octanol–water partition coefficient (Wildman–Crippen LogP) is 2.10. The van der Waals surface area contributed by atoms with E-state index in [-0.39, 0.29) is 12.4 Å². The third-order valence-corrected chi connectivity index (χ3v) is 2.64. The summed E-state index contributed by atoms with van der Waals surface area (Å²) in [7, 11) is 0. The summed E-state index contributed by atoms with van der Waals surface area (Å²) in [5.74, 6) is 4.06. The Morgan fingerprint density at radius 2 is 1.58 bits per heavy atom. The van der Waals surface area contributed by atoms with Gasteiger partial charge in [0.2, 0.25) is 0 Å². The Balaban J connectivity index is 2.04. The molecule has 0 atom stereocenters. The second-order valence-corrected chi connectivity index (χ2v) is 4.20. The summed E-state index contributed by atoms with van der Waals surface area (Å²) in [6.45, 7) is 0.305. The summed E-state index contributed by atoms with van der Waals surface area (Å²) in [5.41, 5.74) is 0.974. The highest BCUT2D eigenvalue weighted by molar-refractivity contribution is 5.69. The average molecular weight is 265 g/mol. The molecule has 0 fully saturated rings. The van der Waals surface area contributed by atoms with Gasteiger partial charge in [-0.25, -0.2) is 0 Å². The van der Waals surface area contributed by atoms with Crippen molar-refractivity contribution in [2.45, 2.75) is 38.7 Å². The van der Waals surface area contributed by atoms with Crippen LogP contribution >= 0.6 is 0 Å². The third-order valence-electron chi connectivity index (χ3n) is 2.64. The van der Waals surface area contributed by atoms with E-state index in [1.165, 1.54) is 0 Å². The van der Waals surface area contributed by atoms with Gasteiger partial charge in [0.25, 0.3) is 0 Å². The van der Waals surface area contributed by atoms with Crippen molar-refractivity contribution in [2.24, 2.45) is 5.90 Å². The number of nitrogens with two attached hydrogens (primary N) is 1. The molecular formula is C14H19NO4. The van der Waals surface area contributed by atoms with Gasteiger partial charge in [-0.1, -0.05) is 36.8 Å². The molecule has 0 unspecified atom stereocenters. The van der Waals surface area contributed by atoms with Crippen molar-refractivity contribution in [2.75, 3.05) is 0 Å². The first kappa shape index (κ1) is 15.2. The lowest BCUT2D eigenvalue weighted by molar-refractivity contribution is -0.145. The van der Waals surface area contributed by atoms with Crippen molar-refractivity contribution in [1.82, 2.24) is 0 Å². The van der Waals surface area contributed by atoms with Gasteiger partial charge in [0.15, 0.2) is 0 Å². The number of rotatable bonds is 8. The zero-order chi connectivity index (χ0) is 13.9. The van der Waals surface area contributed by atoms with E-state index in [1.54, 1.807) is 0 Å². The topological polar surface area (TPSA) is 78.6 Å². The maximum atomic E-state index is 11.4. The number of hydrogen-bond acceptors (Lipinski definition) is 5. The van der Waals surface area contributed by atoms with Crippen molar-refractivity contribution in [3.8, 4) is 0 Å². The molecular weight excluding hydrogens is 246 g/mol. The molecule has 19 heavy (non-hydrogen) atoms. The molecule has 1 aromatic rings. The summed E-state index contributed by atoms with van der Waals surface area (Å²) in [5, 5.41) is 0. The Bertz CT molecular complexity index is 392. The molecule has 0 aromatic heterocycles. The van der Waals surface area contributed by atoms with Gasteiger partial charge in [-0.3, -0.25) is 9.59 Å². The molecule has 1 aromatic carbocycles. The molecule has 5 heteroatoms. The highest BCUT2D eigenvalue weighted by atomic mass is 16.7. The van der Waals surface area contributed by atoms with Crippen LogP contribution in [0.4, 0.5) is 0 Å². The van der Waals surface area contributed by atoms with Gasteiger partial charge in [0.05, 0.1) is 0 Å². The van der Waals surface area contributed by atoms with E-state index in [4.69, 9.17) is 10.6 Å². The standard InChI is InChI=1S/C14H19NO4/c15-19-14(17)10-6-2-5-9-13(16)18-11-12-7-3-1-4-8-12/h1,3-4,7-8H,2,5-6,9-11,15H2. The molecule has 1 rings (SSSR count). The van der Waals surface area contributed by atoms with Crippen molar-refractivity contribution < 1.29 is 19.2 Å². The third kappa shape index (κ3) is 7.21. The van der Waals surface area contributed by atoms with Crippen LogP contribution in [-0.4, -0.2) is 11.9 Å². The molecule has 0 saturated carbocycles. The summed E-state index contributed by atoms with van der Waals surface area (Å²) < 4.78 is 5.13. The van der Waals surface area contributed by atoms with Crippen molar-refractivity contribution in [3.05, 3.63) is 35.9 Å². The molecule has 0 aliphatic heterocycles. The first-order valence-corrected chi connectivity index (χ1v) is 6.31. The molecule has 0 radical (unpaired) electrons. The van der Waals surface area contributed by atoms with Crippen LogP contribution in [-0.2, 0) is 25.8 Å². The number of carbonyl (C=O) groups excluding carboxylic acids is 2. The fourth-order valence-corrected chi connectivity index (χ4v) is 1.58. The Hall–Kier alpha value is -1.88. The molecule has 0 heterocycles. The average Bonchev–Trinajstić information content (AvgIpc) is 2.45. The lowest BCUT2D eigenvalue weighted by Gasteiger charge is -2.04. The summed E-state index contributed by atoms with van der Waals surface area (Å²) in [6.07, 6.45) is 2.79. The van der Waals surface area contributed by atoms with Crippen LogP contribution in [0.2, 0.25) is 0 Å². The van der Waals surface area contributed by atoms with Gasteiger partial charge >= 0.3 is 11.9 Å². The number of benzene rings is 1. The first-order valence-electron chi connectivity index (χ1n) is 6.31. The molecule has 0 aliphatic rings. The van der Waals surface area contributed by atoms with Crippen LogP contribution in [0.5, 0.6) is 0 Å². The van der Waals surface area contributed by atoms with Crippen LogP contribution in [0.3, 0.4) is 0 Å². The van der Waals surface area contributed by atoms with Gasteiger partial charge < -0.3 is 9.57 Å². The van der Waals surface area contributed by atoms with Gasteiger partial charge in [-0.15, -0.1) is 0 Å². The van der Waals surface area contributed by atoms with E-state index in [1.807, 2.05) is 30.3 Å².